The Morgan fingerprint density at radius 2 is 1.35 bits per heavy atom. The molecule has 0 saturated carbocycles. The molecule has 0 fully saturated rings. The smallest absolute Gasteiger partial charge is 0.144 e. The summed E-state index contributed by atoms with van der Waals surface area (Å²) in [6, 6.07) is 25.6. The summed E-state index contributed by atoms with van der Waals surface area (Å²) < 4.78 is 6.57. The molecule has 6 aromatic rings. The van der Waals surface area contributed by atoms with Gasteiger partial charge in [-0.25, -0.2) is 9.97 Å². The average molecular weight is 402 g/mol. The van der Waals surface area contributed by atoms with Crippen molar-refractivity contribution in [2.45, 2.75) is 26.2 Å². The third-order valence-corrected chi connectivity index (χ3v) is 6.10. The zero-order chi connectivity index (χ0) is 21.2. The molecule has 2 aromatic heterocycles. The van der Waals surface area contributed by atoms with Gasteiger partial charge in [0.1, 0.15) is 17.5 Å². The van der Waals surface area contributed by atoms with E-state index in [-0.39, 0.29) is 5.41 Å². The van der Waals surface area contributed by atoms with Gasteiger partial charge in [-0.3, -0.25) is 0 Å². The van der Waals surface area contributed by atoms with E-state index in [0.29, 0.717) is 0 Å². The van der Waals surface area contributed by atoms with Crippen molar-refractivity contribution in [1.82, 2.24) is 9.97 Å². The number of fused-ring (bicyclic) bond motifs is 7. The van der Waals surface area contributed by atoms with Crippen LogP contribution in [0.3, 0.4) is 0 Å². The van der Waals surface area contributed by atoms with Crippen LogP contribution in [-0.2, 0) is 5.41 Å². The minimum Gasteiger partial charge on any atom is -0.455 e. The van der Waals surface area contributed by atoms with Crippen molar-refractivity contribution in [2.75, 3.05) is 0 Å². The van der Waals surface area contributed by atoms with E-state index < -0.39 is 0 Å². The molecule has 0 aliphatic heterocycles. The van der Waals surface area contributed by atoms with Gasteiger partial charge < -0.3 is 4.42 Å². The molecule has 3 heteroatoms. The Morgan fingerprint density at radius 3 is 2.23 bits per heavy atom. The summed E-state index contributed by atoms with van der Waals surface area (Å²) in [6.07, 6.45) is 1.65. The molecule has 2 heterocycles. The summed E-state index contributed by atoms with van der Waals surface area (Å²) in [5, 5.41) is 7.07. The SMILES string of the molecule is CC(C)(C)c1cc(-c2cccc3c2oc2c3ccc3c4ccccc4ccc32)ncn1. The normalized spacial score (nSPS) is 12.4. The predicted molar refractivity (Wildman–Crippen MR) is 128 cm³/mol. The molecule has 0 radical (unpaired) electrons. The Hall–Kier alpha value is -3.72. The van der Waals surface area contributed by atoms with Gasteiger partial charge in [0, 0.05) is 32.8 Å². The van der Waals surface area contributed by atoms with E-state index in [1.807, 2.05) is 0 Å². The molecule has 0 N–H and O–H groups in total. The van der Waals surface area contributed by atoms with E-state index in [2.05, 4.69) is 104 Å². The second kappa shape index (κ2) is 6.39. The molecule has 0 spiro atoms. The van der Waals surface area contributed by atoms with Crippen LogP contribution < -0.4 is 0 Å². The minimum absolute atomic E-state index is 0.0449. The van der Waals surface area contributed by atoms with Crippen LogP contribution in [0.4, 0.5) is 0 Å². The molecule has 31 heavy (non-hydrogen) atoms. The number of benzene rings is 4. The molecule has 0 saturated heterocycles. The summed E-state index contributed by atoms with van der Waals surface area (Å²) in [4.78, 5) is 9.06. The Morgan fingerprint density at radius 1 is 0.645 bits per heavy atom. The molecule has 0 amide bonds. The number of aromatic nitrogens is 2. The van der Waals surface area contributed by atoms with Gasteiger partial charge in [0.2, 0.25) is 0 Å². The fraction of sp³-hybridized carbons (Fsp3) is 0.143. The summed E-state index contributed by atoms with van der Waals surface area (Å²) in [5.41, 5.74) is 4.65. The number of furan rings is 1. The Balaban J connectivity index is 1.67. The van der Waals surface area contributed by atoms with Gasteiger partial charge in [0.05, 0.1) is 5.69 Å². The lowest BCUT2D eigenvalue weighted by Crippen LogP contribution is -2.13. The van der Waals surface area contributed by atoms with Gasteiger partial charge in [-0.05, 0) is 40.4 Å². The van der Waals surface area contributed by atoms with Crippen LogP contribution >= 0.6 is 0 Å². The fourth-order valence-electron chi connectivity index (χ4n) is 4.46. The van der Waals surface area contributed by atoms with Crippen molar-refractivity contribution in [1.29, 1.82) is 0 Å². The summed E-state index contributed by atoms with van der Waals surface area (Å²) in [7, 11) is 0. The first kappa shape index (κ1) is 18.1. The first-order valence-electron chi connectivity index (χ1n) is 10.6. The molecule has 0 aliphatic rings. The number of rotatable bonds is 1. The van der Waals surface area contributed by atoms with Crippen LogP contribution in [0.2, 0.25) is 0 Å². The van der Waals surface area contributed by atoms with E-state index >= 15 is 0 Å². The number of nitrogens with zero attached hydrogens (tertiary/aromatic N) is 2. The van der Waals surface area contributed by atoms with E-state index in [1.165, 1.54) is 16.2 Å². The van der Waals surface area contributed by atoms with Gasteiger partial charge >= 0.3 is 0 Å². The van der Waals surface area contributed by atoms with E-state index in [0.717, 1.165) is 44.3 Å². The zero-order valence-electron chi connectivity index (χ0n) is 17.8. The number of hydrogen-bond donors (Lipinski definition) is 0. The molecule has 6 rings (SSSR count). The van der Waals surface area contributed by atoms with Gasteiger partial charge in [0.25, 0.3) is 0 Å². The van der Waals surface area contributed by atoms with Crippen LogP contribution in [0, 0.1) is 0 Å². The molecular formula is C28H22N2O. The second-order valence-corrected chi connectivity index (χ2v) is 9.15. The van der Waals surface area contributed by atoms with Gasteiger partial charge in [-0.2, -0.15) is 0 Å². The molecule has 3 nitrogen and oxygen atoms in total. The molecule has 150 valence electrons. The molecular weight excluding hydrogens is 380 g/mol. The van der Waals surface area contributed by atoms with Crippen molar-refractivity contribution >= 4 is 43.5 Å². The largest absolute Gasteiger partial charge is 0.455 e. The highest BCUT2D eigenvalue weighted by molar-refractivity contribution is 6.21. The quantitative estimate of drug-likeness (QED) is 0.265. The van der Waals surface area contributed by atoms with Crippen LogP contribution in [0.5, 0.6) is 0 Å². The van der Waals surface area contributed by atoms with Crippen molar-refractivity contribution in [2.24, 2.45) is 0 Å². The number of para-hydroxylation sites is 1. The lowest BCUT2D eigenvalue weighted by Gasteiger charge is -2.17. The predicted octanol–water partition coefficient (Wildman–Crippen LogP) is 7.65. The molecule has 0 unspecified atom stereocenters. The monoisotopic (exact) mass is 402 g/mol. The Labute approximate surface area is 180 Å². The maximum Gasteiger partial charge on any atom is 0.144 e. The van der Waals surface area contributed by atoms with Crippen molar-refractivity contribution in [3.05, 3.63) is 84.8 Å². The van der Waals surface area contributed by atoms with Crippen molar-refractivity contribution in [3.8, 4) is 11.3 Å². The van der Waals surface area contributed by atoms with Crippen LogP contribution in [0.15, 0.2) is 83.5 Å². The second-order valence-electron chi connectivity index (χ2n) is 9.15. The molecule has 0 atom stereocenters. The maximum absolute atomic E-state index is 6.57. The van der Waals surface area contributed by atoms with Crippen LogP contribution in [0.1, 0.15) is 26.5 Å². The lowest BCUT2D eigenvalue weighted by molar-refractivity contribution is 0.567. The van der Waals surface area contributed by atoms with Crippen molar-refractivity contribution < 1.29 is 4.42 Å². The first-order valence-corrected chi connectivity index (χ1v) is 10.6. The van der Waals surface area contributed by atoms with Crippen molar-refractivity contribution in [3.63, 3.8) is 0 Å². The highest BCUT2D eigenvalue weighted by Gasteiger charge is 2.19. The molecule has 0 bridgehead atoms. The fourth-order valence-corrected chi connectivity index (χ4v) is 4.46. The summed E-state index contributed by atoms with van der Waals surface area (Å²) >= 11 is 0. The van der Waals surface area contributed by atoms with E-state index in [4.69, 9.17) is 4.42 Å². The Bertz CT molecular complexity index is 1620. The Kier molecular flexibility index (Phi) is 3.73. The van der Waals surface area contributed by atoms with Gasteiger partial charge in [-0.15, -0.1) is 0 Å². The number of hydrogen-bond acceptors (Lipinski definition) is 3. The average Bonchev–Trinajstić information content (AvgIpc) is 3.17. The summed E-state index contributed by atoms with van der Waals surface area (Å²) in [6.45, 7) is 6.49. The highest BCUT2D eigenvalue weighted by Crippen LogP contribution is 2.40. The third-order valence-electron chi connectivity index (χ3n) is 6.10. The van der Waals surface area contributed by atoms with Gasteiger partial charge in [-0.1, -0.05) is 69.3 Å². The highest BCUT2D eigenvalue weighted by atomic mass is 16.3. The molecule has 4 aromatic carbocycles. The minimum atomic E-state index is -0.0449. The van der Waals surface area contributed by atoms with E-state index in [9.17, 15) is 0 Å². The van der Waals surface area contributed by atoms with Gasteiger partial charge in [0.15, 0.2) is 0 Å². The third kappa shape index (κ3) is 2.73. The maximum atomic E-state index is 6.57. The lowest BCUT2D eigenvalue weighted by atomic mass is 9.91. The van der Waals surface area contributed by atoms with E-state index in [1.54, 1.807) is 6.33 Å². The topological polar surface area (TPSA) is 38.9 Å². The summed E-state index contributed by atoms with van der Waals surface area (Å²) in [5.74, 6) is 0. The molecule has 0 aliphatic carbocycles. The first-order chi connectivity index (χ1) is 15.0. The van der Waals surface area contributed by atoms with Crippen LogP contribution in [-0.4, -0.2) is 9.97 Å². The standard InChI is InChI=1S/C28H22N2O/c1-28(2,3)25-15-24(29-16-30-25)23-10-6-9-20-22-14-13-19-18-8-5-4-7-17(18)11-12-21(19)26(22)31-27(20)23/h4-16H,1-3H3. The zero-order valence-corrected chi connectivity index (χ0v) is 17.8. The van der Waals surface area contributed by atoms with Crippen LogP contribution in [0.25, 0.3) is 54.7 Å².